The van der Waals surface area contributed by atoms with Gasteiger partial charge in [-0.15, -0.1) is 0 Å². The van der Waals surface area contributed by atoms with E-state index in [-0.39, 0.29) is 65.6 Å². The fourth-order valence-electron chi connectivity index (χ4n) is 20.1. The monoisotopic (exact) mass is 1810 g/mol. The molecule has 135 heavy (non-hydrogen) atoms. The van der Waals surface area contributed by atoms with Crippen molar-refractivity contribution in [2.24, 2.45) is 10.8 Å². The van der Waals surface area contributed by atoms with E-state index in [2.05, 4.69) is 415 Å². The number of aromatic nitrogens is 1. The fourth-order valence-corrected chi connectivity index (χ4v) is 20.1. The van der Waals surface area contributed by atoms with Crippen molar-refractivity contribution in [3.05, 3.63) is 279 Å². The maximum Gasteiger partial charge on any atom is 0.147 e. The van der Waals surface area contributed by atoms with Gasteiger partial charge >= 0.3 is 0 Å². The van der Waals surface area contributed by atoms with Crippen LogP contribution >= 0.6 is 0 Å². The number of aryl methyl sites for hydroxylation is 2. The van der Waals surface area contributed by atoms with Crippen molar-refractivity contribution in [3.8, 4) is 107 Å². The molecule has 0 spiro atoms. The van der Waals surface area contributed by atoms with Crippen LogP contribution < -0.4 is 14.8 Å². The molecule has 1 aromatic heterocycles. The lowest BCUT2D eigenvalue weighted by Gasteiger charge is -2.34. The topological polar surface area (TPSA) is 75.9 Å². The van der Waals surface area contributed by atoms with Gasteiger partial charge in [0.05, 0.1) is 34.6 Å². The second-order valence-electron chi connectivity index (χ2n) is 51.8. The van der Waals surface area contributed by atoms with Crippen LogP contribution in [0.15, 0.2) is 200 Å². The highest BCUT2D eigenvalue weighted by Crippen LogP contribution is 2.54. The van der Waals surface area contributed by atoms with Crippen molar-refractivity contribution in [1.29, 1.82) is 0 Å². The maximum atomic E-state index is 17.1. The average molecular weight is 1810 g/mol. The minimum absolute atomic E-state index is 0.0223. The molecule has 0 unspecified atom stereocenters. The first-order valence-electron chi connectivity index (χ1n) is 49.3. The average Bonchev–Trinajstić information content (AvgIpc) is 1.58. The SMILES string of the molecule is Cc1cc(F)cc(-c2cc(C(C)(C)CC(C)(C)C)cc(Nc3cc(-c4cc(C(C)(C)C)cc(C(C)(C)C)c4)ccc3-c3ccc(-c4cc(C(C)(C)C)cc(C(C)(C)C)c4)cc3)c2O)c1O[C@H](C)C[C@@H](C)Oc1c(C)cc(F)cc1-c1cc(C(C)(C)CC(C)(C)C)cc(-n2c3ccc(-c4cc(C(C)(C)C)cc(C(C)(C)C)c4)cc3c3ccc(-c4cc(C(C)(C)C)cc(C(C)(C)C)c4)cc32)c1O. The molecule has 3 N–H and O–H groups in total. The van der Waals surface area contributed by atoms with Crippen LogP contribution in [0.3, 0.4) is 0 Å². The number of aromatic hydroxyl groups is 2. The summed E-state index contributed by atoms with van der Waals surface area (Å²) in [6.07, 6.45) is 0.726. The lowest BCUT2D eigenvalue weighted by Crippen LogP contribution is -2.25. The van der Waals surface area contributed by atoms with Crippen molar-refractivity contribution in [1.82, 2.24) is 4.57 Å². The summed E-state index contributed by atoms with van der Waals surface area (Å²) in [5, 5.41) is 33.5. The highest BCUT2D eigenvalue weighted by Gasteiger charge is 2.37. The largest absolute Gasteiger partial charge is 0.505 e. The van der Waals surface area contributed by atoms with Crippen LogP contribution in [-0.4, -0.2) is 27.0 Å². The van der Waals surface area contributed by atoms with Gasteiger partial charge in [-0.2, -0.15) is 0 Å². The predicted molar refractivity (Wildman–Crippen MR) is 576 cm³/mol. The van der Waals surface area contributed by atoms with Crippen LogP contribution in [0.1, 0.15) is 335 Å². The Hall–Kier alpha value is -10.7. The van der Waals surface area contributed by atoms with E-state index >= 15 is 8.78 Å². The Kier molecular flexibility index (Phi) is 27.1. The summed E-state index contributed by atoms with van der Waals surface area (Å²) in [6.45, 7) is 85.0. The number of phenolic OH excluding ortho intramolecular Hbond substituents is 2. The summed E-state index contributed by atoms with van der Waals surface area (Å²) in [5.41, 5.74) is 27.0. The molecule has 1 heterocycles. The van der Waals surface area contributed by atoms with Crippen LogP contribution in [0.4, 0.5) is 20.2 Å². The molecule has 8 heteroatoms. The quantitative estimate of drug-likeness (QED) is 0.0663. The summed E-state index contributed by atoms with van der Waals surface area (Å²) in [6, 6.07) is 71.7. The van der Waals surface area contributed by atoms with Crippen molar-refractivity contribution < 1.29 is 28.5 Å². The summed E-state index contributed by atoms with van der Waals surface area (Å²) in [5.74, 6) is -0.194. The normalized spacial score (nSPS) is 13.7. The third kappa shape index (κ3) is 22.8. The molecule has 0 aliphatic heterocycles. The minimum Gasteiger partial charge on any atom is -0.505 e. The smallest absolute Gasteiger partial charge is 0.147 e. The molecule has 0 bridgehead atoms. The van der Waals surface area contributed by atoms with Gasteiger partial charge in [-0.05, 0) is 295 Å². The van der Waals surface area contributed by atoms with Gasteiger partial charge in [0.25, 0.3) is 0 Å². The number of nitrogens with zero attached hydrogens (tertiary/aromatic N) is 1. The summed E-state index contributed by atoms with van der Waals surface area (Å²) in [4.78, 5) is 0. The molecular formula is C127H158F2N2O4. The van der Waals surface area contributed by atoms with E-state index in [1.54, 1.807) is 0 Å². The highest BCUT2D eigenvalue weighted by molar-refractivity contribution is 6.12. The Balaban J connectivity index is 0.933. The molecule has 2 atom stereocenters. The number of benzene rings is 12. The van der Waals surface area contributed by atoms with E-state index in [4.69, 9.17) is 9.47 Å². The number of anilines is 2. The zero-order valence-corrected chi connectivity index (χ0v) is 89.2. The van der Waals surface area contributed by atoms with E-state index in [0.29, 0.717) is 62.7 Å². The number of phenols is 2. The second kappa shape index (κ2) is 36.0. The fraction of sp³-hybridized carbons (Fsp3) is 0.433. The number of halogens is 2. The zero-order valence-electron chi connectivity index (χ0n) is 89.2. The van der Waals surface area contributed by atoms with Crippen LogP contribution in [-0.2, 0) is 54.1 Å². The minimum atomic E-state index is -0.581. The van der Waals surface area contributed by atoms with Crippen molar-refractivity contribution in [2.75, 3.05) is 5.32 Å². The first kappa shape index (κ1) is 102. The summed E-state index contributed by atoms with van der Waals surface area (Å²) >= 11 is 0. The van der Waals surface area contributed by atoms with Crippen molar-refractivity contribution in [3.63, 3.8) is 0 Å². The number of rotatable bonds is 20. The first-order valence-corrected chi connectivity index (χ1v) is 49.3. The van der Waals surface area contributed by atoms with Gasteiger partial charge in [-0.3, -0.25) is 0 Å². The first-order chi connectivity index (χ1) is 61.9. The molecule has 0 radical (unpaired) electrons. The van der Waals surface area contributed by atoms with Crippen LogP contribution in [0.25, 0.3) is 105 Å². The standard InChI is InChI=1S/C127H158F2N2O4/c1-75-49-98(128)71-105(103-67-96(126(35,36)73-116(5,6)7)69-108(112(103)132)130-107-61-82(86-56-92(122(23,24)25)65-93(57-86)123(26,27)28)43-46-100(107)80-41-39-79(40-42-80)84-52-88(118(11,12)13)63-89(53-84)119(14,15)16)114(75)134-77(3)51-78(4)135-115-76(2)50-99(129)72-106(115)104-68-97(127(37,38)74-117(8,9)10)70-111(113(104)133)131-109-48-45-81(85-54-90(120(17,18)19)64-91(55-85)121(20,21)22)60-102(109)101-47-44-83(62-110(101)131)87-58-94(124(29,30)31)66-95(59-87)125(32,33)34/h39-50,52-72,77-78,130,132-133H,51,73-74H2,1-38H3/t77-,78-/m1/s1. The van der Waals surface area contributed by atoms with Crippen molar-refractivity contribution in [2.45, 2.75) is 349 Å². The second-order valence-corrected chi connectivity index (χ2v) is 51.8. The Morgan fingerprint density at radius 1 is 0.281 bits per heavy atom. The molecule has 0 fully saturated rings. The summed E-state index contributed by atoms with van der Waals surface area (Å²) < 4.78 is 50.9. The van der Waals surface area contributed by atoms with Gasteiger partial charge in [0.15, 0.2) is 0 Å². The molecule has 0 amide bonds. The lowest BCUT2D eigenvalue weighted by atomic mass is 9.71. The van der Waals surface area contributed by atoms with Crippen LogP contribution in [0, 0.1) is 36.3 Å². The third-order valence-electron chi connectivity index (χ3n) is 27.6. The number of fused-ring (bicyclic) bond motifs is 3. The molecule has 0 aliphatic rings. The van der Waals surface area contributed by atoms with Gasteiger partial charge in [-0.1, -0.05) is 363 Å². The van der Waals surface area contributed by atoms with E-state index in [1.165, 1.54) is 74.3 Å². The molecule has 13 rings (SSSR count). The molecule has 0 saturated carbocycles. The van der Waals surface area contributed by atoms with Crippen LogP contribution in [0.2, 0.25) is 0 Å². The van der Waals surface area contributed by atoms with Gasteiger partial charge in [0.1, 0.15) is 34.6 Å². The Morgan fingerprint density at radius 3 is 0.985 bits per heavy atom. The molecular weight excluding hydrogens is 1660 g/mol. The third-order valence-corrected chi connectivity index (χ3v) is 27.6. The van der Waals surface area contributed by atoms with Gasteiger partial charge < -0.3 is 29.6 Å². The lowest BCUT2D eigenvalue weighted by molar-refractivity contribution is 0.130. The van der Waals surface area contributed by atoms with E-state index < -0.39 is 34.7 Å². The van der Waals surface area contributed by atoms with E-state index in [9.17, 15) is 10.2 Å². The Morgan fingerprint density at radius 2 is 0.607 bits per heavy atom. The Labute approximate surface area is 811 Å². The molecule has 6 nitrogen and oxygen atoms in total. The molecule has 714 valence electrons. The van der Waals surface area contributed by atoms with E-state index in [0.717, 1.165) is 102 Å². The maximum absolute atomic E-state index is 17.1. The predicted octanol–water partition coefficient (Wildman–Crippen LogP) is 36.9. The zero-order chi connectivity index (χ0) is 99.8. The number of hydrogen-bond acceptors (Lipinski definition) is 5. The molecule has 13 aromatic rings. The molecule has 0 saturated heterocycles. The number of nitrogens with one attached hydrogen (secondary N) is 1. The van der Waals surface area contributed by atoms with Gasteiger partial charge in [0.2, 0.25) is 0 Å². The van der Waals surface area contributed by atoms with E-state index in [1.807, 2.05) is 33.8 Å². The van der Waals surface area contributed by atoms with Gasteiger partial charge in [-0.25, -0.2) is 8.78 Å². The van der Waals surface area contributed by atoms with Crippen molar-refractivity contribution >= 4 is 33.2 Å². The molecule has 0 aliphatic carbocycles. The highest BCUT2D eigenvalue weighted by atomic mass is 19.1. The van der Waals surface area contributed by atoms with Crippen LogP contribution in [0.5, 0.6) is 23.0 Å². The Bertz CT molecular complexity index is 6530. The van der Waals surface area contributed by atoms with Gasteiger partial charge in [0, 0.05) is 50.7 Å². The number of hydrogen-bond donors (Lipinski definition) is 3. The molecule has 12 aromatic carbocycles. The number of ether oxygens (including phenoxy) is 2. The summed E-state index contributed by atoms with van der Waals surface area (Å²) in [7, 11) is 0.